The predicted molar refractivity (Wildman–Crippen MR) is 273 cm³/mol. The molecule has 4 atom stereocenters. The molecule has 0 saturated heterocycles. The smallest absolute Gasteiger partial charge is 0.0462 e. The van der Waals surface area contributed by atoms with Crippen LogP contribution in [0.2, 0.25) is 0 Å². The van der Waals surface area contributed by atoms with Gasteiger partial charge in [-0.1, -0.05) is 190 Å². The van der Waals surface area contributed by atoms with E-state index in [0.29, 0.717) is 23.7 Å². The van der Waals surface area contributed by atoms with Crippen molar-refractivity contribution in [2.75, 3.05) is 9.80 Å². The number of hydrogen-bond donors (Lipinski definition) is 0. The summed E-state index contributed by atoms with van der Waals surface area (Å²) in [6.45, 7) is 4.62. The third-order valence-electron chi connectivity index (χ3n) is 13.2. The van der Waals surface area contributed by atoms with Gasteiger partial charge >= 0.3 is 0 Å². The topological polar surface area (TPSA) is 6.48 Å². The van der Waals surface area contributed by atoms with Crippen LogP contribution in [-0.2, 0) is 0 Å². The van der Waals surface area contributed by atoms with Gasteiger partial charge < -0.3 is 9.80 Å². The summed E-state index contributed by atoms with van der Waals surface area (Å²) in [4.78, 5) is 4.77. The fraction of sp³-hybridized carbons (Fsp3) is 0.129. The Balaban J connectivity index is 0.944. The molecule has 4 unspecified atom stereocenters. The average Bonchev–Trinajstić information content (AvgIpc) is 3.36. The number of anilines is 5. The first kappa shape index (κ1) is 40.6. The summed E-state index contributed by atoms with van der Waals surface area (Å²) in [5.41, 5.74) is 17.0. The molecule has 0 N–H and O–H groups in total. The second-order valence-electron chi connectivity index (χ2n) is 17.4. The van der Waals surface area contributed by atoms with Gasteiger partial charge in [-0.25, -0.2) is 0 Å². The lowest BCUT2D eigenvalue weighted by Gasteiger charge is -2.29. The predicted octanol–water partition coefficient (Wildman–Crippen LogP) is 17.1. The fourth-order valence-electron chi connectivity index (χ4n) is 9.56. The van der Waals surface area contributed by atoms with Crippen LogP contribution in [0.5, 0.6) is 0 Å². The van der Waals surface area contributed by atoms with Crippen LogP contribution >= 0.6 is 0 Å². The van der Waals surface area contributed by atoms with E-state index in [1.807, 2.05) is 0 Å². The number of benzene rings is 7. The van der Waals surface area contributed by atoms with Crippen LogP contribution in [0, 0.1) is 11.8 Å². The summed E-state index contributed by atoms with van der Waals surface area (Å²) in [5.74, 6) is 1.73. The van der Waals surface area contributed by atoms with E-state index in [9.17, 15) is 0 Å². The zero-order valence-corrected chi connectivity index (χ0v) is 36.7. The first-order valence-electron chi connectivity index (χ1n) is 22.9. The highest BCUT2D eigenvalue weighted by atomic mass is 15.1. The number of hydrogen-bond acceptors (Lipinski definition) is 2. The number of nitrogens with zero attached hydrogens (tertiary/aromatic N) is 2. The Labute approximate surface area is 379 Å². The van der Waals surface area contributed by atoms with Gasteiger partial charge in [-0.05, 0) is 136 Å². The highest BCUT2D eigenvalue weighted by molar-refractivity contribution is 5.81. The quantitative estimate of drug-likeness (QED) is 0.128. The van der Waals surface area contributed by atoms with Crippen LogP contribution in [0.1, 0.15) is 55.2 Å². The monoisotopic (exact) mass is 826 g/mol. The second-order valence-corrected chi connectivity index (χ2v) is 17.4. The minimum atomic E-state index is 0.369. The molecule has 0 radical (unpaired) electrons. The maximum atomic E-state index is 2.39. The molecule has 312 valence electrons. The molecule has 0 heterocycles. The Bertz CT molecular complexity index is 2860. The molecule has 7 aromatic rings. The lowest BCUT2D eigenvalue weighted by molar-refractivity contribution is 0.635. The molecule has 0 spiro atoms. The van der Waals surface area contributed by atoms with Gasteiger partial charge in [0.15, 0.2) is 0 Å². The van der Waals surface area contributed by atoms with E-state index in [1.54, 1.807) is 0 Å². The Kier molecular flexibility index (Phi) is 11.8. The highest BCUT2D eigenvalue weighted by Crippen LogP contribution is 2.41. The van der Waals surface area contributed by atoms with Gasteiger partial charge in [0.2, 0.25) is 0 Å². The zero-order chi connectivity index (χ0) is 43.2. The fourth-order valence-corrected chi connectivity index (χ4v) is 9.56. The summed E-state index contributed by atoms with van der Waals surface area (Å²) in [6, 6.07) is 66.8. The van der Waals surface area contributed by atoms with Crippen molar-refractivity contribution in [3.05, 3.63) is 265 Å². The van der Waals surface area contributed by atoms with Crippen LogP contribution < -0.4 is 9.80 Å². The Morgan fingerprint density at radius 3 is 1.41 bits per heavy atom. The van der Waals surface area contributed by atoms with E-state index in [4.69, 9.17) is 0 Å². The van der Waals surface area contributed by atoms with E-state index in [1.165, 1.54) is 50.2 Å². The molecule has 0 amide bonds. The number of allylic oxidation sites excluding steroid dienone is 11. The van der Waals surface area contributed by atoms with Crippen molar-refractivity contribution in [2.24, 2.45) is 11.8 Å². The van der Waals surface area contributed by atoms with Gasteiger partial charge in [-0.2, -0.15) is 0 Å². The van der Waals surface area contributed by atoms with Crippen molar-refractivity contribution in [1.29, 1.82) is 0 Å². The van der Waals surface area contributed by atoms with Gasteiger partial charge in [-0.15, -0.1) is 0 Å². The van der Waals surface area contributed by atoms with E-state index < -0.39 is 0 Å². The van der Waals surface area contributed by atoms with Crippen molar-refractivity contribution in [1.82, 2.24) is 0 Å². The van der Waals surface area contributed by atoms with Crippen molar-refractivity contribution in [3.8, 4) is 22.3 Å². The molecule has 64 heavy (non-hydrogen) atoms. The Hall–Kier alpha value is -7.42. The molecule has 2 heteroatoms. The molecule has 3 aliphatic carbocycles. The maximum Gasteiger partial charge on any atom is 0.0462 e. The molecule has 0 fully saturated rings. The minimum Gasteiger partial charge on any atom is -0.311 e. The molecule has 3 aliphatic rings. The Morgan fingerprint density at radius 1 is 0.406 bits per heavy atom. The highest BCUT2D eigenvalue weighted by Gasteiger charge is 2.21. The standard InChI is InChI=1S/C62H54N2/c1-45-13-9-11-19-61(45)53-29-41-59(42-30-53)64(60-43-31-54(32-44-60)62-20-12-10-14-46(62)2)58-39-27-52(28-40-58)51-25-37-57(38-26-51)63(55-33-21-49(22-34-55)47-15-5-3-6-16-47)56-35-23-50(24-36-56)48-17-7-4-8-18-48/h3-13,15-23,25-46,50,61H,14,24H2,1-2H3. The second kappa shape index (κ2) is 18.5. The summed E-state index contributed by atoms with van der Waals surface area (Å²) in [7, 11) is 0. The van der Waals surface area contributed by atoms with Gasteiger partial charge in [0.05, 0.1) is 0 Å². The van der Waals surface area contributed by atoms with Crippen LogP contribution in [-0.4, -0.2) is 0 Å². The van der Waals surface area contributed by atoms with Crippen molar-refractivity contribution >= 4 is 34.0 Å². The minimum absolute atomic E-state index is 0.369. The van der Waals surface area contributed by atoms with E-state index in [2.05, 4.69) is 266 Å². The summed E-state index contributed by atoms with van der Waals surface area (Å²) >= 11 is 0. The lowest BCUT2D eigenvalue weighted by atomic mass is 9.84. The first-order chi connectivity index (χ1) is 31.6. The van der Waals surface area contributed by atoms with Crippen LogP contribution in [0.4, 0.5) is 28.4 Å². The van der Waals surface area contributed by atoms with Crippen molar-refractivity contribution in [3.63, 3.8) is 0 Å². The molecule has 0 saturated carbocycles. The molecule has 2 nitrogen and oxygen atoms in total. The van der Waals surface area contributed by atoms with Gasteiger partial charge in [0.25, 0.3) is 0 Å². The third kappa shape index (κ3) is 8.65. The van der Waals surface area contributed by atoms with Gasteiger partial charge in [0.1, 0.15) is 0 Å². The molecule has 10 rings (SSSR count). The average molecular weight is 827 g/mol. The molecule has 0 aromatic heterocycles. The molecular weight excluding hydrogens is 773 g/mol. The molecule has 0 bridgehead atoms. The summed E-state index contributed by atoms with van der Waals surface area (Å²) in [6.07, 6.45) is 24.8. The molecule has 0 aliphatic heterocycles. The van der Waals surface area contributed by atoms with E-state index >= 15 is 0 Å². The first-order valence-corrected chi connectivity index (χ1v) is 22.9. The summed E-state index contributed by atoms with van der Waals surface area (Å²) < 4.78 is 0. The van der Waals surface area contributed by atoms with Gasteiger partial charge in [-0.3, -0.25) is 0 Å². The lowest BCUT2D eigenvalue weighted by Crippen LogP contribution is -2.17. The summed E-state index contributed by atoms with van der Waals surface area (Å²) in [5, 5.41) is 0. The maximum absolute atomic E-state index is 2.39. The third-order valence-corrected chi connectivity index (χ3v) is 13.2. The normalized spacial score (nSPS) is 18.9. The Morgan fingerprint density at radius 2 is 0.891 bits per heavy atom. The molecule has 7 aromatic carbocycles. The van der Waals surface area contributed by atoms with Crippen molar-refractivity contribution < 1.29 is 0 Å². The van der Waals surface area contributed by atoms with E-state index in [0.717, 1.165) is 41.3 Å². The zero-order valence-electron chi connectivity index (χ0n) is 36.7. The van der Waals surface area contributed by atoms with Crippen molar-refractivity contribution in [2.45, 2.75) is 38.5 Å². The van der Waals surface area contributed by atoms with Gasteiger partial charge in [0, 0.05) is 46.0 Å². The molecular formula is C62H54N2. The SMILES string of the molecule is CC1CC=CC=C1c1ccc(N(c2ccc(-c3ccc(N(C4=CCC(c5ccccc5)C=C4)c4ccc(-c5ccccc5)cc4)cc3)cc2)c2ccc(C3C=CC=CC3C)cc2)cc1. The van der Waals surface area contributed by atoms with Crippen LogP contribution in [0.25, 0.3) is 27.8 Å². The largest absolute Gasteiger partial charge is 0.311 e. The van der Waals surface area contributed by atoms with Crippen LogP contribution in [0.3, 0.4) is 0 Å². The van der Waals surface area contributed by atoms with E-state index in [-0.39, 0.29) is 0 Å². The number of rotatable bonds is 11. The van der Waals surface area contributed by atoms with Crippen LogP contribution in [0.15, 0.2) is 248 Å².